The summed E-state index contributed by atoms with van der Waals surface area (Å²) in [4.78, 5) is 0. The Hall–Kier alpha value is -0.755. The van der Waals surface area contributed by atoms with Crippen molar-refractivity contribution in [1.29, 1.82) is 0 Å². The van der Waals surface area contributed by atoms with E-state index in [0.29, 0.717) is 0 Å². The van der Waals surface area contributed by atoms with Gasteiger partial charge in [-0.25, -0.2) is 0 Å². The minimum atomic E-state index is 0.819. The molecule has 0 saturated carbocycles. The zero-order valence-electron chi connectivity index (χ0n) is 6.42. The molecule has 56 valence electrons. The summed E-state index contributed by atoms with van der Waals surface area (Å²) in [5, 5.41) is 2.27. The molecule has 0 spiro atoms. The first-order valence-corrected chi connectivity index (χ1v) is 4.51. The van der Waals surface area contributed by atoms with Gasteiger partial charge < -0.3 is 0 Å². The molecule has 2 rings (SSSR count). The molecule has 0 fully saturated rings. The Bertz CT molecular complexity index is 386. The number of fused-ring (bicyclic) bond motifs is 1. The maximum atomic E-state index is 5.83. The van der Waals surface area contributed by atoms with Gasteiger partial charge in [0, 0.05) is 4.47 Å². The molecule has 2 radical (unpaired) electrons. The highest BCUT2D eigenvalue weighted by molar-refractivity contribution is 9.10. The van der Waals surface area contributed by atoms with Crippen molar-refractivity contribution in [2.75, 3.05) is 0 Å². The zero-order chi connectivity index (χ0) is 8.55. The first kappa shape index (κ1) is 7.87. The van der Waals surface area contributed by atoms with Crippen LogP contribution in [0.5, 0.6) is 0 Å². The summed E-state index contributed by atoms with van der Waals surface area (Å²) in [5.74, 6) is 0. The zero-order valence-corrected chi connectivity index (χ0v) is 8.01. The van der Waals surface area contributed by atoms with Crippen molar-refractivity contribution in [2.24, 2.45) is 0 Å². The summed E-state index contributed by atoms with van der Waals surface area (Å²) in [6, 6.07) is 12.0. The lowest BCUT2D eigenvalue weighted by atomic mass is 9.90. The van der Waals surface area contributed by atoms with E-state index < -0.39 is 0 Å². The number of hydrogen-bond donors (Lipinski definition) is 0. The Kier molecular flexibility index (Phi) is 1.93. The van der Waals surface area contributed by atoms with Gasteiger partial charge in [0.05, 0.1) is 0 Å². The van der Waals surface area contributed by atoms with E-state index in [0.717, 1.165) is 15.3 Å². The second-order valence-corrected chi connectivity index (χ2v) is 3.54. The predicted octanol–water partition coefficient (Wildman–Crippen LogP) is 2.40. The molecule has 0 unspecified atom stereocenters. The normalized spacial score (nSPS) is 10.4. The average Bonchev–Trinajstić information content (AvgIpc) is 2.04. The van der Waals surface area contributed by atoms with Crippen molar-refractivity contribution < 1.29 is 0 Å². The molecular weight excluding hydrogens is 211 g/mol. The second kappa shape index (κ2) is 2.94. The van der Waals surface area contributed by atoms with Gasteiger partial charge in [-0.1, -0.05) is 51.7 Å². The van der Waals surface area contributed by atoms with Gasteiger partial charge in [0.2, 0.25) is 0 Å². The lowest BCUT2D eigenvalue weighted by Gasteiger charge is -2.03. The Morgan fingerprint density at radius 1 is 1.00 bits per heavy atom. The van der Waals surface area contributed by atoms with E-state index in [1.54, 1.807) is 0 Å². The molecule has 2 aromatic rings. The van der Waals surface area contributed by atoms with Crippen LogP contribution in [0.25, 0.3) is 10.8 Å². The smallest absolute Gasteiger partial charge is 0.0879 e. The summed E-state index contributed by atoms with van der Waals surface area (Å²) in [6.45, 7) is 0. The van der Waals surface area contributed by atoms with Gasteiger partial charge in [-0.3, -0.25) is 0 Å². The average molecular weight is 217 g/mol. The summed E-state index contributed by atoms with van der Waals surface area (Å²) in [7, 11) is 5.83. The monoisotopic (exact) mass is 216 g/mol. The van der Waals surface area contributed by atoms with Gasteiger partial charge in [-0.2, -0.15) is 0 Å². The van der Waals surface area contributed by atoms with E-state index in [2.05, 4.69) is 28.1 Å². The van der Waals surface area contributed by atoms with Gasteiger partial charge in [-0.05, 0) is 16.8 Å². The first-order valence-electron chi connectivity index (χ1n) is 3.72. The Morgan fingerprint density at radius 2 is 1.67 bits per heavy atom. The molecule has 0 aliphatic rings. The highest BCUT2D eigenvalue weighted by Gasteiger charge is 1.98. The molecule has 0 bridgehead atoms. The molecule has 12 heavy (non-hydrogen) atoms. The summed E-state index contributed by atoms with van der Waals surface area (Å²) in [5.41, 5.74) is 0.819. The molecule has 0 nitrogen and oxygen atoms in total. The van der Waals surface area contributed by atoms with E-state index >= 15 is 0 Å². The third-order valence-electron chi connectivity index (χ3n) is 1.89. The lowest BCUT2D eigenvalue weighted by molar-refractivity contribution is 1.74. The third-order valence-corrected chi connectivity index (χ3v) is 2.55. The molecule has 0 saturated heterocycles. The van der Waals surface area contributed by atoms with E-state index in [-0.39, 0.29) is 0 Å². The van der Waals surface area contributed by atoms with Crippen LogP contribution in [-0.4, -0.2) is 7.85 Å². The van der Waals surface area contributed by atoms with Crippen molar-refractivity contribution in [3.63, 3.8) is 0 Å². The summed E-state index contributed by atoms with van der Waals surface area (Å²) < 4.78 is 1.05. The number of halogens is 1. The molecule has 0 aliphatic heterocycles. The van der Waals surface area contributed by atoms with Crippen LogP contribution in [0, 0.1) is 0 Å². The largest absolute Gasteiger partial charge is 0.114 e. The van der Waals surface area contributed by atoms with Crippen molar-refractivity contribution in [3.05, 3.63) is 40.9 Å². The summed E-state index contributed by atoms with van der Waals surface area (Å²) >= 11 is 3.47. The van der Waals surface area contributed by atoms with Crippen molar-refractivity contribution >= 4 is 40.0 Å². The number of benzene rings is 2. The fourth-order valence-electron chi connectivity index (χ4n) is 1.32. The Morgan fingerprint density at radius 3 is 2.33 bits per heavy atom. The quantitative estimate of drug-likeness (QED) is 0.594. The second-order valence-electron chi connectivity index (χ2n) is 2.69. The van der Waals surface area contributed by atoms with Crippen LogP contribution in [0.3, 0.4) is 0 Å². The van der Waals surface area contributed by atoms with Crippen LogP contribution < -0.4 is 5.46 Å². The van der Waals surface area contributed by atoms with Crippen LogP contribution >= 0.6 is 15.9 Å². The molecule has 0 atom stereocenters. The topological polar surface area (TPSA) is 0 Å². The van der Waals surface area contributed by atoms with E-state index in [1.165, 1.54) is 5.39 Å². The van der Waals surface area contributed by atoms with E-state index in [1.807, 2.05) is 24.3 Å². The van der Waals surface area contributed by atoms with Gasteiger partial charge in [-0.15, -0.1) is 0 Å². The minimum absolute atomic E-state index is 0.819. The standard InChI is InChI=1S/C10H6BBr/c11-8-5-1-3-7-4-2-6-9(12)10(7)8/h1-6H. The van der Waals surface area contributed by atoms with Gasteiger partial charge in [0.1, 0.15) is 7.85 Å². The molecule has 0 heterocycles. The van der Waals surface area contributed by atoms with Gasteiger partial charge >= 0.3 is 0 Å². The SMILES string of the molecule is [B]c1cccc2cccc(Br)c12. The minimum Gasteiger partial charge on any atom is -0.0879 e. The van der Waals surface area contributed by atoms with E-state index in [4.69, 9.17) is 7.85 Å². The molecule has 2 heteroatoms. The number of rotatable bonds is 0. The van der Waals surface area contributed by atoms with Crippen molar-refractivity contribution in [1.82, 2.24) is 0 Å². The highest BCUT2D eigenvalue weighted by atomic mass is 79.9. The molecule has 0 amide bonds. The van der Waals surface area contributed by atoms with Gasteiger partial charge in [0.15, 0.2) is 0 Å². The van der Waals surface area contributed by atoms with E-state index in [9.17, 15) is 0 Å². The Balaban J connectivity index is 2.96. The molecular formula is C10H6BBr. The van der Waals surface area contributed by atoms with Crippen LogP contribution in [0.15, 0.2) is 40.9 Å². The molecule has 0 N–H and O–H groups in total. The number of hydrogen-bond acceptors (Lipinski definition) is 0. The lowest BCUT2D eigenvalue weighted by Crippen LogP contribution is -2.02. The fraction of sp³-hybridized carbons (Fsp3) is 0. The first-order chi connectivity index (χ1) is 5.79. The molecule has 2 aromatic carbocycles. The van der Waals surface area contributed by atoms with Gasteiger partial charge in [0.25, 0.3) is 0 Å². The fourth-order valence-corrected chi connectivity index (χ4v) is 1.93. The maximum Gasteiger partial charge on any atom is 0.114 e. The van der Waals surface area contributed by atoms with Crippen LogP contribution in [0.1, 0.15) is 0 Å². The highest BCUT2D eigenvalue weighted by Crippen LogP contribution is 2.20. The van der Waals surface area contributed by atoms with Crippen LogP contribution in [0.2, 0.25) is 0 Å². The molecule has 0 aliphatic carbocycles. The maximum absolute atomic E-state index is 5.83. The summed E-state index contributed by atoms with van der Waals surface area (Å²) in [6.07, 6.45) is 0. The third kappa shape index (κ3) is 1.16. The molecule has 0 aromatic heterocycles. The van der Waals surface area contributed by atoms with Crippen LogP contribution in [0.4, 0.5) is 0 Å². The van der Waals surface area contributed by atoms with Crippen molar-refractivity contribution in [3.8, 4) is 0 Å². The predicted molar refractivity (Wildman–Crippen MR) is 57.0 cm³/mol. The van der Waals surface area contributed by atoms with Crippen molar-refractivity contribution in [2.45, 2.75) is 0 Å². The Labute approximate surface area is 81.1 Å². The van der Waals surface area contributed by atoms with Crippen LogP contribution in [-0.2, 0) is 0 Å².